The average Bonchev–Trinajstić information content (AvgIpc) is 2.34. The molecule has 4 nitrogen and oxygen atoms in total. The Morgan fingerprint density at radius 3 is 2.59 bits per heavy atom. The molecule has 1 fully saturated rings. The predicted octanol–water partition coefficient (Wildman–Crippen LogP) is 1.56. The van der Waals surface area contributed by atoms with Crippen LogP contribution in [0.25, 0.3) is 0 Å². The SMILES string of the molecule is COC(=O)CCN(CC(C)O)C1CCCCC1. The molecule has 0 heterocycles. The highest BCUT2D eigenvalue weighted by Gasteiger charge is 2.22. The number of nitrogens with zero attached hydrogens (tertiary/aromatic N) is 1. The van der Waals surface area contributed by atoms with E-state index in [-0.39, 0.29) is 12.1 Å². The minimum Gasteiger partial charge on any atom is -0.469 e. The molecule has 1 atom stereocenters. The number of hydrogen-bond donors (Lipinski definition) is 1. The minimum absolute atomic E-state index is 0.170. The Labute approximate surface area is 104 Å². The van der Waals surface area contributed by atoms with Gasteiger partial charge in [0.05, 0.1) is 19.6 Å². The molecule has 0 aromatic heterocycles. The summed E-state index contributed by atoms with van der Waals surface area (Å²) in [4.78, 5) is 13.4. The van der Waals surface area contributed by atoms with Crippen molar-refractivity contribution >= 4 is 5.97 Å². The smallest absolute Gasteiger partial charge is 0.306 e. The zero-order chi connectivity index (χ0) is 12.7. The highest BCUT2D eigenvalue weighted by Crippen LogP contribution is 2.22. The van der Waals surface area contributed by atoms with Gasteiger partial charge in [-0.3, -0.25) is 9.69 Å². The van der Waals surface area contributed by atoms with Crippen molar-refractivity contribution in [3.8, 4) is 0 Å². The van der Waals surface area contributed by atoms with E-state index in [0.717, 1.165) is 0 Å². The molecule has 0 aromatic carbocycles. The summed E-state index contributed by atoms with van der Waals surface area (Å²) < 4.78 is 4.66. The number of esters is 1. The molecule has 0 bridgehead atoms. The normalized spacial score (nSPS) is 19.3. The zero-order valence-corrected chi connectivity index (χ0v) is 11.0. The number of aliphatic hydroxyl groups is 1. The summed E-state index contributed by atoms with van der Waals surface area (Å²) in [6.07, 6.45) is 6.30. The highest BCUT2D eigenvalue weighted by molar-refractivity contribution is 5.69. The second kappa shape index (κ2) is 7.67. The Hall–Kier alpha value is -0.610. The van der Waals surface area contributed by atoms with Gasteiger partial charge in [0.2, 0.25) is 0 Å². The summed E-state index contributed by atoms with van der Waals surface area (Å²) in [6, 6.07) is 0.531. The molecule has 1 aliphatic rings. The van der Waals surface area contributed by atoms with Crippen LogP contribution in [0.15, 0.2) is 0 Å². The van der Waals surface area contributed by atoms with Gasteiger partial charge in [-0.2, -0.15) is 0 Å². The molecule has 0 amide bonds. The standard InChI is InChI=1S/C13H25NO3/c1-11(15)10-14(9-8-13(16)17-2)12-6-4-3-5-7-12/h11-12,15H,3-10H2,1-2H3. The number of methoxy groups -OCH3 is 1. The number of rotatable bonds is 6. The van der Waals surface area contributed by atoms with Gasteiger partial charge >= 0.3 is 5.97 Å². The fourth-order valence-electron chi connectivity index (χ4n) is 2.55. The lowest BCUT2D eigenvalue weighted by atomic mass is 9.94. The number of aliphatic hydroxyl groups excluding tert-OH is 1. The number of carbonyl (C=O) groups is 1. The van der Waals surface area contributed by atoms with Gasteiger partial charge in [-0.05, 0) is 19.8 Å². The van der Waals surface area contributed by atoms with Crippen molar-refractivity contribution in [3.63, 3.8) is 0 Å². The second-order valence-electron chi connectivity index (χ2n) is 4.96. The first-order chi connectivity index (χ1) is 8.13. The molecule has 0 aromatic rings. The van der Waals surface area contributed by atoms with Gasteiger partial charge in [0.15, 0.2) is 0 Å². The van der Waals surface area contributed by atoms with Crippen LogP contribution >= 0.6 is 0 Å². The lowest BCUT2D eigenvalue weighted by Crippen LogP contribution is -2.42. The van der Waals surface area contributed by atoms with Crippen LogP contribution in [0.5, 0.6) is 0 Å². The van der Waals surface area contributed by atoms with Gasteiger partial charge in [-0.25, -0.2) is 0 Å². The van der Waals surface area contributed by atoms with E-state index in [0.29, 0.717) is 25.6 Å². The van der Waals surface area contributed by atoms with E-state index in [4.69, 9.17) is 0 Å². The van der Waals surface area contributed by atoms with E-state index >= 15 is 0 Å². The number of hydrogen-bond acceptors (Lipinski definition) is 4. The van der Waals surface area contributed by atoms with E-state index in [2.05, 4.69) is 9.64 Å². The van der Waals surface area contributed by atoms with Crippen molar-refractivity contribution in [2.45, 2.75) is 57.6 Å². The lowest BCUT2D eigenvalue weighted by Gasteiger charge is -2.34. The summed E-state index contributed by atoms with van der Waals surface area (Å²) in [5.41, 5.74) is 0. The van der Waals surface area contributed by atoms with Crippen LogP contribution in [0.3, 0.4) is 0 Å². The second-order valence-corrected chi connectivity index (χ2v) is 4.96. The molecule has 1 saturated carbocycles. The third kappa shape index (κ3) is 5.50. The largest absolute Gasteiger partial charge is 0.469 e. The van der Waals surface area contributed by atoms with E-state index in [1.807, 2.05) is 0 Å². The first kappa shape index (κ1) is 14.5. The number of carbonyl (C=O) groups excluding carboxylic acids is 1. The zero-order valence-electron chi connectivity index (χ0n) is 11.0. The van der Waals surface area contributed by atoms with Gasteiger partial charge in [0.1, 0.15) is 0 Å². The first-order valence-electron chi connectivity index (χ1n) is 6.62. The highest BCUT2D eigenvalue weighted by atomic mass is 16.5. The molecule has 1 N–H and O–H groups in total. The first-order valence-corrected chi connectivity index (χ1v) is 6.62. The monoisotopic (exact) mass is 243 g/mol. The molecule has 1 aliphatic carbocycles. The Kier molecular flexibility index (Phi) is 6.52. The lowest BCUT2D eigenvalue weighted by molar-refractivity contribution is -0.141. The maximum Gasteiger partial charge on any atom is 0.306 e. The van der Waals surface area contributed by atoms with Crippen LogP contribution in [0.4, 0.5) is 0 Å². The van der Waals surface area contributed by atoms with Crippen LogP contribution < -0.4 is 0 Å². The van der Waals surface area contributed by atoms with Crippen LogP contribution in [0.2, 0.25) is 0 Å². The van der Waals surface area contributed by atoms with E-state index in [9.17, 15) is 9.90 Å². The molecule has 0 spiro atoms. The third-order valence-electron chi connectivity index (χ3n) is 3.42. The van der Waals surface area contributed by atoms with Gasteiger partial charge in [0, 0.05) is 19.1 Å². The summed E-state index contributed by atoms with van der Waals surface area (Å²) in [5, 5.41) is 9.52. The molecular weight excluding hydrogens is 218 g/mol. The Bertz CT molecular complexity index is 225. The summed E-state index contributed by atoms with van der Waals surface area (Å²) in [6.45, 7) is 3.15. The molecule has 0 aliphatic heterocycles. The maximum absolute atomic E-state index is 11.2. The van der Waals surface area contributed by atoms with Crippen molar-refractivity contribution in [3.05, 3.63) is 0 Å². The topological polar surface area (TPSA) is 49.8 Å². The summed E-state index contributed by atoms with van der Waals surface area (Å²) in [5.74, 6) is -0.170. The summed E-state index contributed by atoms with van der Waals surface area (Å²) in [7, 11) is 1.42. The number of ether oxygens (including phenoxy) is 1. The van der Waals surface area contributed by atoms with Crippen molar-refractivity contribution in [1.82, 2.24) is 4.90 Å². The van der Waals surface area contributed by atoms with Gasteiger partial charge in [0.25, 0.3) is 0 Å². The van der Waals surface area contributed by atoms with Crippen molar-refractivity contribution < 1.29 is 14.6 Å². The predicted molar refractivity (Wildman–Crippen MR) is 66.8 cm³/mol. The molecule has 0 saturated heterocycles. The van der Waals surface area contributed by atoms with Gasteiger partial charge < -0.3 is 9.84 Å². The molecule has 100 valence electrons. The molecular formula is C13H25NO3. The summed E-state index contributed by atoms with van der Waals surface area (Å²) >= 11 is 0. The Morgan fingerprint density at radius 1 is 1.41 bits per heavy atom. The van der Waals surface area contributed by atoms with Gasteiger partial charge in [-0.15, -0.1) is 0 Å². The van der Waals surface area contributed by atoms with E-state index in [1.165, 1.54) is 39.2 Å². The third-order valence-corrected chi connectivity index (χ3v) is 3.42. The molecule has 4 heteroatoms. The minimum atomic E-state index is -0.338. The van der Waals surface area contributed by atoms with E-state index in [1.54, 1.807) is 6.92 Å². The molecule has 1 unspecified atom stereocenters. The quantitative estimate of drug-likeness (QED) is 0.719. The van der Waals surface area contributed by atoms with Crippen LogP contribution in [0.1, 0.15) is 45.4 Å². The Morgan fingerprint density at radius 2 is 2.06 bits per heavy atom. The maximum atomic E-state index is 11.2. The molecule has 0 radical (unpaired) electrons. The van der Waals surface area contributed by atoms with E-state index < -0.39 is 0 Å². The Balaban J connectivity index is 2.43. The molecule has 1 rings (SSSR count). The fourth-order valence-corrected chi connectivity index (χ4v) is 2.55. The average molecular weight is 243 g/mol. The van der Waals surface area contributed by atoms with Crippen LogP contribution in [-0.2, 0) is 9.53 Å². The fraction of sp³-hybridized carbons (Fsp3) is 0.923. The van der Waals surface area contributed by atoms with Crippen molar-refractivity contribution in [2.24, 2.45) is 0 Å². The van der Waals surface area contributed by atoms with Crippen molar-refractivity contribution in [1.29, 1.82) is 0 Å². The van der Waals surface area contributed by atoms with Crippen LogP contribution in [0, 0.1) is 0 Å². The van der Waals surface area contributed by atoms with Crippen molar-refractivity contribution in [2.75, 3.05) is 20.2 Å². The van der Waals surface area contributed by atoms with Gasteiger partial charge in [-0.1, -0.05) is 19.3 Å². The van der Waals surface area contributed by atoms with Crippen LogP contribution in [-0.4, -0.2) is 48.3 Å². The molecule has 17 heavy (non-hydrogen) atoms.